The van der Waals surface area contributed by atoms with Crippen molar-refractivity contribution >= 4 is 6.08 Å². The predicted molar refractivity (Wildman–Crippen MR) is 86.6 cm³/mol. The first-order chi connectivity index (χ1) is 9.66. The van der Waals surface area contributed by atoms with Crippen molar-refractivity contribution in [3.05, 3.63) is 42.0 Å². The standard InChI is InChI=1S/C19H28O/c1-15(2)18-12-11-16(3)14-19(18)20-13-7-10-17-8-5-4-6-9-17/h4-10,15-16,18-19H,11-14H2,1-3H3/b10-7+/t16-,18+,19-/m0/s1. The van der Waals surface area contributed by atoms with E-state index in [1.807, 2.05) is 6.07 Å². The van der Waals surface area contributed by atoms with E-state index >= 15 is 0 Å². The molecule has 110 valence electrons. The van der Waals surface area contributed by atoms with E-state index in [0.29, 0.717) is 6.10 Å². The molecule has 3 atom stereocenters. The summed E-state index contributed by atoms with van der Waals surface area (Å²) >= 11 is 0. The summed E-state index contributed by atoms with van der Waals surface area (Å²) in [5.74, 6) is 2.27. The fourth-order valence-electron chi connectivity index (χ4n) is 3.23. The Bertz CT molecular complexity index is 407. The molecule has 0 amide bonds. The Labute approximate surface area is 124 Å². The van der Waals surface area contributed by atoms with Crippen molar-refractivity contribution in [1.29, 1.82) is 0 Å². The fraction of sp³-hybridized carbons (Fsp3) is 0.579. The maximum absolute atomic E-state index is 6.16. The van der Waals surface area contributed by atoms with Crippen LogP contribution < -0.4 is 0 Å². The van der Waals surface area contributed by atoms with Crippen molar-refractivity contribution in [2.24, 2.45) is 17.8 Å². The normalized spacial score (nSPS) is 27.3. The minimum Gasteiger partial charge on any atom is -0.374 e. The van der Waals surface area contributed by atoms with Gasteiger partial charge in [0, 0.05) is 0 Å². The predicted octanol–water partition coefficient (Wildman–Crippen LogP) is 5.18. The van der Waals surface area contributed by atoms with Crippen LogP contribution in [0.5, 0.6) is 0 Å². The van der Waals surface area contributed by atoms with E-state index in [9.17, 15) is 0 Å². The first-order valence-electron chi connectivity index (χ1n) is 8.00. The molecule has 1 aliphatic carbocycles. The monoisotopic (exact) mass is 272 g/mol. The smallest absolute Gasteiger partial charge is 0.0654 e. The highest BCUT2D eigenvalue weighted by atomic mass is 16.5. The first kappa shape index (κ1) is 15.3. The summed E-state index contributed by atoms with van der Waals surface area (Å²) in [5, 5.41) is 0. The van der Waals surface area contributed by atoms with E-state index in [0.717, 1.165) is 24.4 Å². The second kappa shape index (κ2) is 7.64. The highest BCUT2D eigenvalue weighted by Gasteiger charge is 2.30. The molecule has 0 heterocycles. The van der Waals surface area contributed by atoms with Crippen molar-refractivity contribution in [2.75, 3.05) is 6.61 Å². The molecule has 1 aliphatic rings. The second-order valence-corrected chi connectivity index (χ2v) is 6.51. The van der Waals surface area contributed by atoms with Crippen LogP contribution in [0.2, 0.25) is 0 Å². The highest BCUT2D eigenvalue weighted by Crippen LogP contribution is 2.35. The lowest BCUT2D eigenvalue weighted by Crippen LogP contribution is -2.34. The van der Waals surface area contributed by atoms with Gasteiger partial charge in [0.25, 0.3) is 0 Å². The summed E-state index contributed by atoms with van der Waals surface area (Å²) in [6.45, 7) is 7.75. The zero-order chi connectivity index (χ0) is 14.4. The van der Waals surface area contributed by atoms with Crippen LogP contribution in [-0.2, 0) is 4.74 Å². The van der Waals surface area contributed by atoms with Crippen molar-refractivity contribution in [3.63, 3.8) is 0 Å². The molecule has 0 N–H and O–H groups in total. The summed E-state index contributed by atoms with van der Waals surface area (Å²) in [5.41, 5.74) is 1.24. The Morgan fingerprint density at radius 2 is 1.95 bits per heavy atom. The van der Waals surface area contributed by atoms with Gasteiger partial charge in [0.05, 0.1) is 12.7 Å². The lowest BCUT2D eigenvalue weighted by molar-refractivity contribution is -0.0260. The van der Waals surface area contributed by atoms with Gasteiger partial charge < -0.3 is 4.74 Å². The number of rotatable bonds is 5. The molecule has 20 heavy (non-hydrogen) atoms. The van der Waals surface area contributed by atoms with Crippen LogP contribution in [0.15, 0.2) is 36.4 Å². The van der Waals surface area contributed by atoms with Crippen molar-refractivity contribution in [2.45, 2.75) is 46.1 Å². The van der Waals surface area contributed by atoms with Gasteiger partial charge in [-0.2, -0.15) is 0 Å². The molecular formula is C19H28O. The van der Waals surface area contributed by atoms with Crippen LogP contribution in [-0.4, -0.2) is 12.7 Å². The lowest BCUT2D eigenvalue weighted by Gasteiger charge is -2.37. The Morgan fingerprint density at radius 1 is 1.20 bits per heavy atom. The summed E-state index contributed by atoms with van der Waals surface area (Å²) in [6.07, 6.45) is 8.65. The SMILES string of the molecule is CC(C)[C@H]1CC[C@H](C)C[C@@H]1OC/C=C/c1ccccc1. The van der Waals surface area contributed by atoms with Gasteiger partial charge in [0.15, 0.2) is 0 Å². The molecular weight excluding hydrogens is 244 g/mol. The molecule has 1 aromatic rings. The maximum Gasteiger partial charge on any atom is 0.0654 e. The largest absolute Gasteiger partial charge is 0.374 e. The third kappa shape index (κ3) is 4.49. The molecule has 0 unspecified atom stereocenters. The Morgan fingerprint density at radius 3 is 2.65 bits per heavy atom. The van der Waals surface area contributed by atoms with E-state index in [1.54, 1.807) is 0 Å². The Hall–Kier alpha value is -1.08. The molecule has 0 aliphatic heterocycles. The molecule has 1 fully saturated rings. The average molecular weight is 272 g/mol. The topological polar surface area (TPSA) is 9.23 Å². The van der Waals surface area contributed by atoms with Gasteiger partial charge in [-0.1, -0.05) is 69.7 Å². The molecule has 0 aromatic heterocycles. The number of ether oxygens (including phenoxy) is 1. The van der Waals surface area contributed by atoms with Gasteiger partial charge >= 0.3 is 0 Å². The summed E-state index contributed by atoms with van der Waals surface area (Å²) in [4.78, 5) is 0. The number of benzene rings is 1. The third-order valence-corrected chi connectivity index (χ3v) is 4.48. The van der Waals surface area contributed by atoms with Gasteiger partial charge in [0.2, 0.25) is 0 Å². The minimum absolute atomic E-state index is 0.444. The molecule has 0 radical (unpaired) electrons. The van der Waals surface area contributed by atoms with Crippen LogP contribution in [0.1, 0.15) is 45.6 Å². The van der Waals surface area contributed by atoms with E-state index in [-0.39, 0.29) is 0 Å². The number of hydrogen-bond acceptors (Lipinski definition) is 1. The third-order valence-electron chi connectivity index (χ3n) is 4.48. The van der Waals surface area contributed by atoms with Crippen molar-refractivity contribution in [3.8, 4) is 0 Å². The van der Waals surface area contributed by atoms with E-state index in [1.165, 1.54) is 24.8 Å². The van der Waals surface area contributed by atoms with E-state index in [4.69, 9.17) is 4.74 Å². The molecule has 1 saturated carbocycles. The minimum atomic E-state index is 0.444. The highest BCUT2D eigenvalue weighted by molar-refractivity contribution is 5.48. The lowest BCUT2D eigenvalue weighted by atomic mass is 9.75. The second-order valence-electron chi connectivity index (χ2n) is 6.51. The van der Waals surface area contributed by atoms with E-state index in [2.05, 4.69) is 57.2 Å². The van der Waals surface area contributed by atoms with Gasteiger partial charge in [0.1, 0.15) is 0 Å². The Balaban J connectivity index is 1.83. The zero-order valence-corrected chi connectivity index (χ0v) is 13.1. The van der Waals surface area contributed by atoms with E-state index < -0.39 is 0 Å². The molecule has 1 nitrogen and oxygen atoms in total. The van der Waals surface area contributed by atoms with Gasteiger partial charge in [-0.25, -0.2) is 0 Å². The van der Waals surface area contributed by atoms with Gasteiger partial charge in [-0.05, 0) is 36.2 Å². The van der Waals surface area contributed by atoms with Crippen molar-refractivity contribution < 1.29 is 4.74 Å². The zero-order valence-electron chi connectivity index (χ0n) is 13.1. The molecule has 0 saturated heterocycles. The Kier molecular flexibility index (Phi) is 5.85. The van der Waals surface area contributed by atoms with Crippen LogP contribution in [0.4, 0.5) is 0 Å². The number of hydrogen-bond donors (Lipinski definition) is 0. The van der Waals surface area contributed by atoms with Crippen LogP contribution in [0.25, 0.3) is 6.08 Å². The van der Waals surface area contributed by atoms with Gasteiger partial charge in [-0.15, -0.1) is 0 Å². The molecule has 0 spiro atoms. The maximum atomic E-state index is 6.16. The van der Waals surface area contributed by atoms with Crippen LogP contribution >= 0.6 is 0 Å². The molecule has 0 bridgehead atoms. The first-order valence-corrected chi connectivity index (χ1v) is 8.00. The molecule has 1 heteroatoms. The summed E-state index contributed by atoms with van der Waals surface area (Å²) in [6, 6.07) is 10.4. The molecule has 1 aromatic carbocycles. The molecule has 2 rings (SSSR count). The van der Waals surface area contributed by atoms with Crippen molar-refractivity contribution in [1.82, 2.24) is 0 Å². The van der Waals surface area contributed by atoms with Crippen LogP contribution in [0, 0.1) is 17.8 Å². The summed E-state index contributed by atoms with van der Waals surface area (Å²) in [7, 11) is 0. The summed E-state index contributed by atoms with van der Waals surface area (Å²) < 4.78 is 6.16. The van der Waals surface area contributed by atoms with Crippen LogP contribution in [0.3, 0.4) is 0 Å². The fourth-order valence-corrected chi connectivity index (χ4v) is 3.23. The average Bonchev–Trinajstić information content (AvgIpc) is 2.44. The quantitative estimate of drug-likeness (QED) is 0.718. The van der Waals surface area contributed by atoms with Gasteiger partial charge in [-0.3, -0.25) is 0 Å².